The highest BCUT2D eigenvalue weighted by Crippen LogP contribution is 2.36. The quantitative estimate of drug-likeness (QED) is 0.792. The molecule has 2 N–H and O–H groups in total. The summed E-state index contributed by atoms with van der Waals surface area (Å²) >= 11 is 0. The molecule has 152 valence electrons. The van der Waals surface area contributed by atoms with E-state index in [4.69, 9.17) is 0 Å². The van der Waals surface area contributed by atoms with Gasteiger partial charge in [-0.1, -0.05) is 60.7 Å². The number of hydrogen-bond acceptors (Lipinski definition) is 2. The first kappa shape index (κ1) is 19.5. The maximum absolute atomic E-state index is 12.5. The van der Waals surface area contributed by atoms with E-state index in [-0.39, 0.29) is 24.0 Å². The standard InChI is InChI=1S/C24H29N3O2/c28-23(14-11-18-7-3-1-4-8-18)27-16-15-20(17-27)25-24(29)26-22-13-12-21(22)19-9-5-2-6-10-19/h1-10,20-22H,11-17H2,(H2,25,26,29)/t20?,21-,22-/m1/s1. The summed E-state index contributed by atoms with van der Waals surface area (Å²) < 4.78 is 0. The predicted octanol–water partition coefficient (Wildman–Crippen LogP) is 3.47. The van der Waals surface area contributed by atoms with E-state index in [0.717, 1.165) is 25.7 Å². The van der Waals surface area contributed by atoms with Crippen molar-refractivity contribution in [2.75, 3.05) is 13.1 Å². The third-order valence-electron chi connectivity index (χ3n) is 6.17. The summed E-state index contributed by atoms with van der Waals surface area (Å²) in [6.07, 6.45) is 4.22. The number of amides is 3. The van der Waals surface area contributed by atoms with Crippen LogP contribution >= 0.6 is 0 Å². The van der Waals surface area contributed by atoms with Crippen LogP contribution in [0.1, 0.15) is 42.7 Å². The largest absolute Gasteiger partial charge is 0.341 e. The van der Waals surface area contributed by atoms with Gasteiger partial charge in [-0.3, -0.25) is 4.79 Å². The molecule has 2 fully saturated rings. The summed E-state index contributed by atoms with van der Waals surface area (Å²) in [6, 6.07) is 20.6. The van der Waals surface area contributed by atoms with Crippen molar-refractivity contribution in [2.24, 2.45) is 0 Å². The maximum Gasteiger partial charge on any atom is 0.315 e. The lowest BCUT2D eigenvalue weighted by Gasteiger charge is -2.37. The van der Waals surface area contributed by atoms with Crippen LogP contribution in [0.5, 0.6) is 0 Å². The third kappa shape index (κ3) is 4.97. The lowest BCUT2D eigenvalue weighted by atomic mass is 9.75. The minimum atomic E-state index is -0.112. The molecule has 4 rings (SSSR count). The number of likely N-dealkylation sites (tertiary alicyclic amines) is 1. The highest BCUT2D eigenvalue weighted by Gasteiger charge is 2.34. The smallest absolute Gasteiger partial charge is 0.315 e. The lowest BCUT2D eigenvalue weighted by Crippen LogP contribution is -2.52. The Kier molecular flexibility index (Phi) is 6.13. The lowest BCUT2D eigenvalue weighted by molar-refractivity contribution is -0.130. The second-order valence-electron chi connectivity index (χ2n) is 8.13. The van der Waals surface area contributed by atoms with Crippen LogP contribution in [0.4, 0.5) is 4.79 Å². The van der Waals surface area contributed by atoms with Gasteiger partial charge in [0.05, 0.1) is 0 Å². The second kappa shape index (κ2) is 9.12. The molecule has 2 aromatic carbocycles. The van der Waals surface area contributed by atoms with Crippen molar-refractivity contribution >= 4 is 11.9 Å². The Morgan fingerprint density at radius 3 is 2.31 bits per heavy atom. The van der Waals surface area contributed by atoms with Crippen molar-refractivity contribution in [1.29, 1.82) is 0 Å². The minimum Gasteiger partial charge on any atom is -0.341 e. The molecule has 1 saturated carbocycles. The van der Waals surface area contributed by atoms with Crippen LogP contribution in [0.15, 0.2) is 60.7 Å². The first-order chi connectivity index (χ1) is 14.2. The molecule has 2 aliphatic rings. The molecule has 5 nitrogen and oxygen atoms in total. The first-order valence-electron chi connectivity index (χ1n) is 10.6. The minimum absolute atomic E-state index is 0.0333. The molecule has 3 amide bonds. The van der Waals surface area contributed by atoms with Crippen LogP contribution < -0.4 is 10.6 Å². The van der Waals surface area contributed by atoms with E-state index in [2.05, 4.69) is 34.9 Å². The van der Waals surface area contributed by atoms with Crippen LogP contribution in [0.2, 0.25) is 0 Å². The van der Waals surface area contributed by atoms with Gasteiger partial charge in [0, 0.05) is 37.5 Å². The zero-order valence-corrected chi connectivity index (χ0v) is 16.7. The fourth-order valence-electron chi connectivity index (χ4n) is 4.33. The molecule has 1 unspecified atom stereocenters. The molecule has 3 atom stereocenters. The number of rotatable bonds is 6. The van der Waals surface area contributed by atoms with Gasteiger partial charge in [-0.15, -0.1) is 0 Å². The Labute approximate surface area is 172 Å². The average molecular weight is 392 g/mol. The van der Waals surface area contributed by atoms with Gasteiger partial charge in [-0.25, -0.2) is 4.79 Å². The zero-order chi connectivity index (χ0) is 20.1. The van der Waals surface area contributed by atoms with E-state index in [0.29, 0.717) is 25.4 Å². The summed E-state index contributed by atoms with van der Waals surface area (Å²) in [7, 11) is 0. The number of hydrogen-bond donors (Lipinski definition) is 2. The first-order valence-corrected chi connectivity index (χ1v) is 10.6. The zero-order valence-electron chi connectivity index (χ0n) is 16.7. The molecule has 0 bridgehead atoms. The molecule has 2 aromatic rings. The second-order valence-corrected chi connectivity index (χ2v) is 8.13. The summed E-state index contributed by atoms with van der Waals surface area (Å²) in [5, 5.41) is 6.19. The van der Waals surface area contributed by atoms with E-state index in [1.165, 1.54) is 11.1 Å². The van der Waals surface area contributed by atoms with Crippen LogP contribution in [0, 0.1) is 0 Å². The van der Waals surface area contributed by atoms with Gasteiger partial charge in [0.15, 0.2) is 0 Å². The number of aryl methyl sites for hydroxylation is 1. The number of benzene rings is 2. The molecule has 0 radical (unpaired) electrons. The summed E-state index contributed by atoms with van der Waals surface area (Å²) in [5.74, 6) is 0.572. The number of nitrogens with zero attached hydrogens (tertiary/aromatic N) is 1. The molecule has 29 heavy (non-hydrogen) atoms. The summed E-state index contributed by atoms with van der Waals surface area (Å²) in [4.78, 5) is 26.8. The van der Waals surface area contributed by atoms with Crippen LogP contribution in [0.3, 0.4) is 0 Å². The number of nitrogens with one attached hydrogen (secondary N) is 2. The normalized spacial score (nSPS) is 23.3. The van der Waals surface area contributed by atoms with Crippen molar-refractivity contribution in [3.05, 3.63) is 71.8 Å². The fraction of sp³-hybridized carbons (Fsp3) is 0.417. The van der Waals surface area contributed by atoms with Gasteiger partial charge in [-0.05, 0) is 36.8 Å². The van der Waals surface area contributed by atoms with E-state index in [1.54, 1.807) is 0 Å². The van der Waals surface area contributed by atoms with Gasteiger partial charge in [0.2, 0.25) is 5.91 Å². The SMILES string of the molecule is O=C(NC1CCN(C(=O)CCc2ccccc2)C1)N[C@@H]1CC[C@@H]1c1ccccc1. The van der Waals surface area contributed by atoms with Crippen molar-refractivity contribution in [3.63, 3.8) is 0 Å². The topological polar surface area (TPSA) is 61.4 Å². The van der Waals surface area contributed by atoms with E-state index in [9.17, 15) is 9.59 Å². The average Bonchev–Trinajstić information content (AvgIpc) is 3.19. The van der Waals surface area contributed by atoms with Gasteiger partial charge < -0.3 is 15.5 Å². The number of carbonyl (C=O) groups is 2. The van der Waals surface area contributed by atoms with Crippen LogP contribution in [0.25, 0.3) is 0 Å². The summed E-state index contributed by atoms with van der Waals surface area (Å²) in [5.41, 5.74) is 2.47. The number of carbonyl (C=O) groups excluding carboxylic acids is 2. The van der Waals surface area contributed by atoms with Crippen molar-refractivity contribution in [3.8, 4) is 0 Å². The molecule has 5 heteroatoms. The molecular weight excluding hydrogens is 362 g/mol. The maximum atomic E-state index is 12.5. The van der Waals surface area contributed by atoms with Crippen LogP contribution in [-0.4, -0.2) is 42.0 Å². The van der Waals surface area contributed by atoms with Gasteiger partial charge in [0.1, 0.15) is 0 Å². The van der Waals surface area contributed by atoms with E-state index in [1.807, 2.05) is 41.3 Å². The number of urea groups is 1. The van der Waals surface area contributed by atoms with Crippen molar-refractivity contribution in [2.45, 2.75) is 50.1 Å². The Bertz CT molecular complexity index is 825. The summed E-state index contributed by atoms with van der Waals surface area (Å²) in [6.45, 7) is 1.32. The van der Waals surface area contributed by atoms with Crippen molar-refractivity contribution < 1.29 is 9.59 Å². The molecule has 1 aliphatic carbocycles. The van der Waals surface area contributed by atoms with Crippen LogP contribution in [-0.2, 0) is 11.2 Å². The Balaban J connectivity index is 1.20. The Morgan fingerprint density at radius 2 is 1.62 bits per heavy atom. The van der Waals surface area contributed by atoms with E-state index >= 15 is 0 Å². The van der Waals surface area contributed by atoms with Crippen molar-refractivity contribution in [1.82, 2.24) is 15.5 Å². The Morgan fingerprint density at radius 1 is 0.897 bits per heavy atom. The predicted molar refractivity (Wildman–Crippen MR) is 114 cm³/mol. The highest BCUT2D eigenvalue weighted by molar-refractivity contribution is 5.78. The Hall–Kier alpha value is -2.82. The molecule has 0 aromatic heterocycles. The molecule has 0 spiro atoms. The fourth-order valence-corrected chi connectivity index (χ4v) is 4.33. The van der Waals surface area contributed by atoms with Gasteiger partial charge in [-0.2, -0.15) is 0 Å². The highest BCUT2D eigenvalue weighted by atomic mass is 16.2. The molecular formula is C24H29N3O2. The molecule has 1 saturated heterocycles. The monoisotopic (exact) mass is 391 g/mol. The van der Waals surface area contributed by atoms with E-state index < -0.39 is 0 Å². The van der Waals surface area contributed by atoms with Gasteiger partial charge in [0.25, 0.3) is 0 Å². The third-order valence-corrected chi connectivity index (χ3v) is 6.17. The molecule has 1 aliphatic heterocycles. The molecule has 1 heterocycles. The van der Waals surface area contributed by atoms with Gasteiger partial charge >= 0.3 is 6.03 Å².